The van der Waals surface area contributed by atoms with E-state index in [1.807, 2.05) is 6.92 Å². The van der Waals surface area contributed by atoms with Crippen LogP contribution in [-0.2, 0) is 16.1 Å². The van der Waals surface area contributed by atoms with Crippen LogP contribution in [0.3, 0.4) is 0 Å². The standard InChI is InChI=1S/C10H9ClF2O2/c1-7-2-4-8(5-3-7)6-15-9(14)10(11,12)13/h2-5H,6H2,1H3. The summed E-state index contributed by atoms with van der Waals surface area (Å²) in [7, 11) is 0. The molecular weight excluding hydrogens is 226 g/mol. The van der Waals surface area contributed by atoms with E-state index in [1.54, 1.807) is 24.3 Å². The summed E-state index contributed by atoms with van der Waals surface area (Å²) in [6.07, 6.45) is 0. The minimum Gasteiger partial charge on any atom is -0.455 e. The van der Waals surface area contributed by atoms with Gasteiger partial charge < -0.3 is 4.74 Å². The van der Waals surface area contributed by atoms with Crippen molar-refractivity contribution in [3.05, 3.63) is 35.4 Å². The largest absolute Gasteiger partial charge is 0.455 e. The highest BCUT2D eigenvalue weighted by molar-refractivity contribution is 6.31. The van der Waals surface area contributed by atoms with E-state index < -0.39 is 11.4 Å². The van der Waals surface area contributed by atoms with Crippen molar-refractivity contribution in [2.24, 2.45) is 0 Å². The average Bonchev–Trinajstić information content (AvgIpc) is 2.15. The predicted molar refractivity (Wildman–Crippen MR) is 51.8 cm³/mol. The summed E-state index contributed by atoms with van der Waals surface area (Å²) in [6.45, 7) is 1.68. The zero-order valence-electron chi connectivity index (χ0n) is 7.97. The summed E-state index contributed by atoms with van der Waals surface area (Å²) in [5.41, 5.74) is 1.67. The second kappa shape index (κ2) is 4.57. The second-order valence-electron chi connectivity index (χ2n) is 3.06. The molecule has 0 N–H and O–H groups in total. The Kier molecular flexibility index (Phi) is 3.63. The molecule has 1 aromatic rings. The highest BCUT2D eigenvalue weighted by Gasteiger charge is 2.37. The SMILES string of the molecule is Cc1ccc(COC(=O)C(F)(F)Cl)cc1. The van der Waals surface area contributed by atoms with Crippen molar-refractivity contribution in [3.63, 3.8) is 0 Å². The summed E-state index contributed by atoms with van der Waals surface area (Å²) in [5.74, 6) is -1.73. The van der Waals surface area contributed by atoms with E-state index in [2.05, 4.69) is 16.3 Å². The molecule has 82 valence electrons. The molecule has 0 aliphatic carbocycles. The maximum Gasteiger partial charge on any atom is 0.417 e. The number of benzene rings is 1. The van der Waals surface area contributed by atoms with Gasteiger partial charge in [0.15, 0.2) is 0 Å². The minimum atomic E-state index is -3.95. The molecule has 0 aliphatic heterocycles. The van der Waals surface area contributed by atoms with Gasteiger partial charge >= 0.3 is 11.4 Å². The molecule has 0 radical (unpaired) electrons. The number of esters is 1. The number of halogens is 3. The van der Waals surface area contributed by atoms with Gasteiger partial charge in [-0.2, -0.15) is 8.78 Å². The smallest absolute Gasteiger partial charge is 0.417 e. The molecule has 0 fully saturated rings. The highest BCUT2D eigenvalue weighted by atomic mass is 35.5. The van der Waals surface area contributed by atoms with Crippen LogP contribution in [0.2, 0.25) is 0 Å². The van der Waals surface area contributed by atoms with Crippen LogP contribution in [-0.4, -0.2) is 11.4 Å². The molecule has 0 spiro atoms. The third kappa shape index (κ3) is 3.83. The van der Waals surface area contributed by atoms with Crippen molar-refractivity contribution < 1.29 is 18.3 Å². The van der Waals surface area contributed by atoms with Gasteiger partial charge in [-0.3, -0.25) is 0 Å². The number of carbonyl (C=O) groups excluding carboxylic acids is 1. The van der Waals surface area contributed by atoms with Crippen LogP contribution in [0.5, 0.6) is 0 Å². The Bertz CT molecular complexity index is 343. The fraction of sp³-hybridized carbons (Fsp3) is 0.300. The Hall–Kier alpha value is -1.16. The molecule has 0 atom stereocenters. The van der Waals surface area contributed by atoms with Gasteiger partial charge in [0.2, 0.25) is 0 Å². The maximum atomic E-state index is 12.2. The van der Waals surface area contributed by atoms with E-state index >= 15 is 0 Å². The van der Waals surface area contributed by atoms with Crippen LogP contribution in [0.4, 0.5) is 8.78 Å². The summed E-state index contributed by atoms with van der Waals surface area (Å²) >= 11 is 4.47. The van der Waals surface area contributed by atoms with Crippen LogP contribution in [0.15, 0.2) is 24.3 Å². The quantitative estimate of drug-likeness (QED) is 0.594. The van der Waals surface area contributed by atoms with Gasteiger partial charge in [-0.15, -0.1) is 0 Å². The Labute approximate surface area is 90.8 Å². The molecule has 5 heteroatoms. The number of rotatable bonds is 3. The van der Waals surface area contributed by atoms with Crippen molar-refractivity contribution in [1.29, 1.82) is 0 Å². The third-order valence-electron chi connectivity index (χ3n) is 1.72. The number of aryl methyl sites for hydroxylation is 1. The monoisotopic (exact) mass is 234 g/mol. The summed E-state index contributed by atoms with van der Waals surface area (Å²) in [4.78, 5) is 10.6. The molecule has 0 bridgehead atoms. The number of carbonyl (C=O) groups is 1. The fourth-order valence-corrected chi connectivity index (χ4v) is 0.970. The first-order valence-electron chi connectivity index (χ1n) is 4.19. The zero-order valence-corrected chi connectivity index (χ0v) is 8.72. The van der Waals surface area contributed by atoms with Gasteiger partial charge in [0, 0.05) is 0 Å². The zero-order chi connectivity index (χ0) is 11.5. The lowest BCUT2D eigenvalue weighted by Gasteiger charge is -2.08. The first kappa shape index (κ1) is 11.9. The first-order valence-corrected chi connectivity index (χ1v) is 4.57. The third-order valence-corrected chi connectivity index (χ3v) is 1.88. The van der Waals surface area contributed by atoms with Gasteiger partial charge in [-0.05, 0) is 24.1 Å². The van der Waals surface area contributed by atoms with Gasteiger partial charge in [0.1, 0.15) is 6.61 Å². The van der Waals surface area contributed by atoms with E-state index in [-0.39, 0.29) is 6.61 Å². The van der Waals surface area contributed by atoms with E-state index in [1.165, 1.54) is 0 Å². The molecule has 0 aromatic heterocycles. The van der Waals surface area contributed by atoms with Gasteiger partial charge in [0.05, 0.1) is 0 Å². The maximum absolute atomic E-state index is 12.2. The molecule has 0 heterocycles. The van der Waals surface area contributed by atoms with Crippen molar-refractivity contribution in [1.82, 2.24) is 0 Å². The van der Waals surface area contributed by atoms with E-state index in [9.17, 15) is 13.6 Å². The summed E-state index contributed by atoms with van der Waals surface area (Å²) in [6, 6.07) is 6.97. The molecule has 0 amide bonds. The topological polar surface area (TPSA) is 26.3 Å². The molecule has 0 saturated heterocycles. The summed E-state index contributed by atoms with van der Waals surface area (Å²) in [5, 5.41) is -3.95. The lowest BCUT2D eigenvalue weighted by molar-refractivity contribution is -0.162. The number of hydrogen-bond donors (Lipinski definition) is 0. The van der Waals surface area contributed by atoms with E-state index in [0.717, 1.165) is 5.56 Å². The van der Waals surface area contributed by atoms with Crippen molar-refractivity contribution in [3.8, 4) is 0 Å². The molecule has 15 heavy (non-hydrogen) atoms. The molecule has 0 unspecified atom stereocenters. The van der Waals surface area contributed by atoms with Crippen LogP contribution in [0.25, 0.3) is 0 Å². The van der Waals surface area contributed by atoms with Crippen LogP contribution < -0.4 is 0 Å². The Morgan fingerprint density at radius 1 is 1.40 bits per heavy atom. The fourth-order valence-electron chi connectivity index (χ4n) is 0.915. The number of alkyl halides is 3. The van der Waals surface area contributed by atoms with Crippen LogP contribution in [0.1, 0.15) is 11.1 Å². The van der Waals surface area contributed by atoms with Crippen molar-refractivity contribution in [2.45, 2.75) is 18.9 Å². The van der Waals surface area contributed by atoms with Gasteiger partial charge in [0.25, 0.3) is 0 Å². The normalized spacial score (nSPS) is 11.2. The Morgan fingerprint density at radius 3 is 2.40 bits per heavy atom. The molecule has 1 aromatic carbocycles. The molecule has 0 saturated carbocycles. The lowest BCUT2D eigenvalue weighted by atomic mass is 10.2. The Morgan fingerprint density at radius 2 is 1.93 bits per heavy atom. The van der Waals surface area contributed by atoms with Crippen LogP contribution >= 0.6 is 11.6 Å². The summed E-state index contributed by atoms with van der Waals surface area (Å²) < 4.78 is 28.7. The van der Waals surface area contributed by atoms with Gasteiger partial charge in [-0.1, -0.05) is 29.8 Å². The molecular formula is C10H9ClF2O2. The van der Waals surface area contributed by atoms with Crippen molar-refractivity contribution in [2.75, 3.05) is 0 Å². The van der Waals surface area contributed by atoms with E-state index in [0.29, 0.717) is 5.56 Å². The minimum absolute atomic E-state index is 0.207. The molecule has 1 rings (SSSR count). The number of hydrogen-bond acceptors (Lipinski definition) is 2. The van der Waals surface area contributed by atoms with Crippen molar-refractivity contribution >= 4 is 17.6 Å². The molecule has 0 aliphatic rings. The van der Waals surface area contributed by atoms with Crippen LogP contribution in [0, 0.1) is 6.92 Å². The van der Waals surface area contributed by atoms with E-state index in [4.69, 9.17) is 0 Å². The highest BCUT2D eigenvalue weighted by Crippen LogP contribution is 2.21. The molecule has 2 nitrogen and oxygen atoms in total. The number of ether oxygens (including phenoxy) is 1. The second-order valence-corrected chi connectivity index (χ2v) is 3.53. The first-order chi connectivity index (χ1) is 6.89. The predicted octanol–water partition coefficient (Wildman–Crippen LogP) is 2.87. The van der Waals surface area contributed by atoms with Gasteiger partial charge in [-0.25, -0.2) is 4.79 Å². The average molecular weight is 235 g/mol. The Balaban J connectivity index is 2.51. The lowest BCUT2D eigenvalue weighted by Crippen LogP contribution is -2.23.